The van der Waals surface area contributed by atoms with E-state index in [9.17, 15) is 0 Å². The molecule has 0 spiro atoms. The first-order valence-corrected chi connectivity index (χ1v) is 7.55. The van der Waals surface area contributed by atoms with E-state index < -0.39 is 0 Å². The van der Waals surface area contributed by atoms with Crippen molar-refractivity contribution in [2.45, 2.75) is 32.9 Å². The zero-order valence-corrected chi connectivity index (χ0v) is 13.0. The second kappa shape index (κ2) is 6.20. The minimum atomic E-state index is 0.460. The topological polar surface area (TPSA) is 52.5 Å². The number of aromatic nitrogens is 2. The average molecular weight is 295 g/mol. The highest BCUT2D eigenvalue weighted by molar-refractivity contribution is 5.54. The third-order valence-electron chi connectivity index (χ3n) is 3.83. The SMILES string of the molecule is CC(C)c1ccc(COc2cccn3c(CN)cnc23)cc1. The number of benzene rings is 1. The van der Waals surface area contributed by atoms with Gasteiger partial charge in [0.05, 0.1) is 11.9 Å². The zero-order valence-electron chi connectivity index (χ0n) is 13.0. The molecule has 0 unspecified atom stereocenters. The Balaban J connectivity index is 1.77. The number of nitrogens with zero attached hydrogens (tertiary/aromatic N) is 2. The van der Waals surface area contributed by atoms with Crippen LogP contribution < -0.4 is 10.5 Å². The van der Waals surface area contributed by atoms with Gasteiger partial charge in [0.25, 0.3) is 0 Å². The molecule has 3 rings (SSSR count). The van der Waals surface area contributed by atoms with Crippen LogP contribution in [-0.4, -0.2) is 9.38 Å². The molecule has 4 nitrogen and oxygen atoms in total. The van der Waals surface area contributed by atoms with E-state index in [0.29, 0.717) is 19.1 Å². The summed E-state index contributed by atoms with van der Waals surface area (Å²) in [5.41, 5.74) is 9.98. The summed E-state index contributed by atoms with van der Waals surface area (Å²) in [5, 5.41) is 0. The minimum Gasteiger partial charge on any atom is -0.485 e. The number of pyridine rings is 1. The molecule has 0 saturated carbocycles. The number of hydrogen-bond donors (Lipinski definition) is 1. The molecule has 0 fully saturated rings. The van der Waals surface area contributed by atoms with Gasteiger partial charge in [-0.3, -0.25) is 4.40 Å². The Bertz CT molecular complexity index is 760. The highest BCUT2D eigenvalue weighted by Gasteiger charge is 2.07. The number of hydrogen-bond acceptors (Lipinski definition) is 3. The Labute approximate surface area is 130 Å². The Hall–Kier alpha value is -2.33. The van der Waals surface area contributed by atoms with Crippen LogP contribution in [-0.2, 0) is 13.2 Å². The molecule has 2 aromatic heterocycles. The summed E-state index contributed by atoms with van der Waals surface area (Å²) in [6, 6.07) is 12.4. The summed E-state index contributed by atoms with van der Waals surface area (Å²) in [6.07, 6.45) is 3.74. The maximum Gasteiger partial charge on any atom is 0.179 e. The second-order valence-corrected chi connectivity index (χ2v) is 5.70. The zero-order chi connectivity index (χ0) is 15.5. The van der Waals surface area contributed by atoms with Gasteiger partial charge in [-0.1, -0.05) is 38.1 Å². The third kappa shape index (κ3) is 2.83. The van der Waals surface area contributed by atoms with E-state index in [2.05, 4.69) is 43.1 Å². The predicted molar refractivity (Wildman–Crippen MR) is 87.9 cm³/mol. The van der Waals surface area contributed by atoms with Gasteiger partial charge in [-0.15, -0.1) is 0 Å². The molecule has 0 atom stereocenters. The van der Waals surface area contributed by atoms with Crippen LogP contribution in [0, 0.1) is 0 Å². The van der Waals surface area contributed by atoms with E-state index in [0.717, 1.165) is 22.7 Å². The van der Waals surface area contributed by atoms with Crippen LogP contribution in [0.3, 0.4) is 0 Å². The Morgan fingerprint density at radius 1 is 1.18 bits per heavy atom. The Morgan fingerprint density at radius 3 is 2.64 bits per heavy atom. The fraction of sp³-hybridized carbons (Fsp3) is 0.278. The molecule has 3 aromatic rings. The van der Waals surface area contributed by atoms with Crippen molar-refractivity contribution in [3.8, 4) is 5.75 Å². The van der Waals surface area contributed by atoms with Gasteiger partial charge in [0.15, 0.2) is 11.4 Å². The van der Waals surface area contributed by atoms with Gasteiger partial charge in [-0.2, -0.15) is 0 Å². The maximum atomic E-state index is 5.94. The number of imidazole rings is 1. The number of fused-ring (bicyclic) bond motifs is 1. The summed E-state index contributed by atoms with van der Waals surface area (Å²) in [4.78, 5) is 4.40. The summed E-state index contributed by atoms with van der Waals surface area (Å²) >= 11 is 0. The lowest BCUT2D eigenvalue weighted by molar-refractivity contribution is 0.308. The van der Waals surface area contributed by atoms with Crippen molar-refractivity contribution >= 4 is 5.65 Å². The van der Waals surface area contributed by atoms with Crippen molar-refractivity contribution in [1.82, 2.24) is 9.38 Å². The molecule has 0 bridgehead atoms. The smallest absolute Gasteiger partial charge is 0.179 e. The maximum absolute atomic E-state index is 5.94. The summed E-state index contributed by atoms with van der Waals surface area (Å²) in [6.45, 7) is 5.38. The molecule has 0 aliphatic carbocycles. The molecule has 0 amide bonds. The molecule has 2 heterocycles. The summed E-state index contributed by atoms with van der Waals surface area (Å²) in [7, 11) is 0. The van der Waals surface area contributed by atoms with Gasteiger partial charge in [-0.05, 0) is 29.2 Å². The van der Waals surface area contributed by atoms with Crippen LogP contribution in [0.2, 0.25) is 0 Å². The first-order chi connectivity index (χ1) is 10.7. The molecule has 4 heteroatoms. The lowest BCUT2D eigenvalue weighted by atomic mass is 10.0. The van der Waals surface area contributed by atoms with Crippen LogP contribution in [0.1, 0.15) is 36.6 Å². The molecule has 1 aromatic carbocycles. The Kier molecular flexibility index (Phi) is 4.11. The van der Waals surface area contributed by atoms with Gasteiger partial charge in [0.1, 0.15) is 6.61 Å². The molecule has 0 aliphatic heterocycles. The van der Waals surface area contributed by atoms with E-state index in [4.69, 9.17) is 10.5 Å². The van der Waals surface area contributed by atoms with E-state index >= 15 is 0 Å². The fourth-order valence-electron chi connectivity index (χ4n) is 2.46. The molecule has 0 aliphatic rings. The van der Waals surface area contributed by atoms with Crippen LogP contribution in [0.4, 0.5) is 0 Å². The van der Waals surface area contributed by atoms with Crippen molar-refractivity contribution in [2.75, 3.05) is 0 Å². The van der Waals surface area contributed by atoms with Crippen molar-refractivity contribution in [3.63, 3.8) is 0 Å². The molecule has 114 valence electrons. The number of rotatable bonds is 5. The standard InChI is InChI=1S/C18H21N3O/c1-13(2)15-7-5-14(6-8-15)12-22-17-4-3-9-21-16(10-19)11-20-18(17)21/h3-9,11,13H,10,12,19H2,1-2H3. The third-order valence-corrected chi connectivity index (χ3v) is 3.83. The number of ether oxygens (including phenoxy) is 1. The molecule has 2 N–H and O–H groups in total. The minimum absolute atomic E-state index is 0.460. The Morgan fingerprint density at radius 2 is 1.95 bits per heavy atom. The van der Waals surface area contributed by atoms with Crippen molar-refractivity contribution in [3.05, 3.63) is 65.6 Å². The van der Waals surface area contributed by atoms with E-state index in [1.807, 2.05) is 22.7 Å². The van der Waals surface area contributed by atoms with Gasteiger partial charge >= 0.3 is 0 Å². The van der Waals surface area contributed by atoms with Gasteiger partial charge in [0, 0.05) is 12.7 Å². The lowest BCUT2D eigenvalue weighted by Gasteiger charge is -2.10. The number of nitrogens with two attached hydrogens (primary N) is 1. The van der Waals surface area contributed by atoms with Crippen LogP contribution >= 0.6 is 0 Å². The van der Waals surface area contributed by atoms with Gasteiger partial charge in [0.2, 0.25) is 0 Å². The van der Waals surface area contributed by atoms with E-state index in [1.165, 1.54) is 5.56 Å². The first-order valence-electron chi connectivity index (χ1n) is 7.55. The summed E-state index contributed by atoms with van der Waals surface area (Å²) in [5.74, 6) is 1.32. The normalized spacial score (nSPS) is 11.3. The lowest BCUT2D eigenvalue weighted by Crippen LogP contribution is -2.02. The molecule has 0 saturated heterocycles. The molecular weight excluding hydrogens is 274 g/mol. The highest BCUT2D eigenvalue weighted by Crippen LogP contribution is 2.21. The van der Waals surface area contributed by atoms with Crippen LogP contribution in [0.25, 0.3) is 5.65 Å². The van der Waals surface area contributed by atoms with Gasteiger partial charge < -0.3 is 10.5 Å². The first kappa shape index (κ1) is 14.6. The van der Waals surface area contributed by atoms with Crippen LogP contribution in [0.15, 0.2) is 48.8 Å². The predicted octanol–water partition coefficient (Wildman–Crippen LogP) is 3.50. The fourth-order valence-corrected chi connectivity index (χ4v) is 2.46. The molecule has 22 heavy (non-hydrogen) atoms. The van der Waals surface area contributed by atoms with E-state index in [-0.39, 0.29) is 0 Å². The monoisotopic (exact) mass is 295 g/mol. The quantitative estimate of drug-likeness (QED) is 0.784. The molecule has 0 radical (unpaired) electrons. The average Bonchev–Trinajstić information content (AvgIpc) is 2.97. The van der Waals surface area contributed by atoms with Crippen molar-refractivity contribution in [1.29, 1.82) is 0 Å². The van der Waals surface area contributed by atoms with Crippen molar-refractivity contribution < 1.29 is 4.74 Å². The van der Waals surface area contributed by atoms with E-state index in [1.54, 1.807) is 6.20 Å². The second-order valence-electron chi connectivity index (χ2n) is 5.70. The molecular formula is C18H21N3O. The van der Waals surface area contributed by atoms with Gasteiger partial charge in [-0.25, -0.2) is 4.98 Å². The largest absolute Gasteiger partial charge is 0.485 e. The summed E-state index contributed by atoms with van der Waals surface area (Å²) < 4.78 is 7.91. The van der Waals surface area contributed by atoms with Crippen molar-refractivity contribution in [2.24, 2.45) is 5.73 Å². The van der Waals surface area contributed by atoms with Crippen LogP contribution in [0.5, 0.6) is 5.75 Å². The highest BCUT2D eigenvalue weighted by atomic mass is 16.5.